The van der Waals surface area contributed by atoms with Crippen LogP contribution < -0.4 is 0 Å². The molecule has 1 aromatic rings. The number of nitrogens with zero attached hydrogens (tertiary/aromatic N) is 3. The van der Waals surface area contributed by atoms with Crippen LogP contribution in [0.25, 0.3) is 0 Å². The van der Waals surface area contributed by atoms with Crippen molar-refractivity contribution in [2.75, 3.05) is 14.3 Å². The van der Waals surface area contributed by atoms with Gasteiger partial charge in [-0.15, -0.1) is 0 Å². The summed E-state index contributed by atoms with van der Waals surface area (Å²) < 4.78 is 19.1. The van der Waals surface area contributed by atoms with Gasteiger partial charge in [-0.2, -0.15) is 0 Å². The van der Waals surface area contributed by atoms with Gasteiger partial charge in [0.2, 0.25) is 5.92 Å². The molecule has 0 saturated heterocycles. The molecule has 142 valence electrons. The first-order valence-electron chi connectivity index (χ1n) is 7.30. The smallest absolute Gasteiger partial charge is 0.328 e. The van der Waals surface area contributed by atoms with Crippen molar-refractivity contribution in [3.63, 3.8) is 0 Å². The van der Waals surface area contributed by atoms with Crippen LogP contribution in [0.3, 0.4) is 0 Å². The zero-order chi connectivity index (χ0) is 20.2. The number of ether oxygens (including phenoxy) is 2. The summed E-state index contributed by atoms with van der Waals surface area (Å²) in [5.41, 5.74) is -1.17. The normalized spacial score (nSPS) is 10.9. The molecule has 10 heteroatoms. The largest absolute Gasteiger partial charge is 0.468 e. The Morgan fingerprint density at radius 3 is 1.92 bits per heavy atom. The Labute approximate surface area is 145 Å². The lowest BCUT2D eigenvalue weighted by atomic mass is 10.1. The van der Waals surface area contributed by atoms with Crippen molar-refractivity contribution in [1.82, 2.24) is 9.97 Å². The average molecular weight is 361 g/mol. The maximum atomic E-state index is 12.0. The van der Waals surface area contributed by atoms with Gasteiger partial charge < -0.3 is 9.47 Å². The highest BCUT2D eigenvalue weighted by molar-refractivity contribution is 6.00. The summed E-state index contributed by atoms with van der Waals surface area (Å²) in [6.07, 6.45) is 1.81. The van der Waals surface area contributed by atoms with Crippen molar-refractivity contribution in [1.29, 1.82) is 0 Å². The predicted molar refractivity (Wildman–Crippen MR) is 87.7 cm³/mol. The first-order valence-corrected chi connectivity index (χ1v) is 7.30. The first-order chi connectivity index (χ1) is 11.7. The Balaban J connectivity index is 0. The molecule has 1 aromatic heterocycles. The number of carbonyl (C=O) groups is 2. The van der Waals surface area contributed by atoms with Crippen LogP contribution in [0.1, 0.15) is 46.4 Å². The molecule has 0 fully saturated rings. The Morgan fingerprint density at radius 1 is 1.16 bits per heavy atom. The molecule has 0 aliphatic rings. The first kappa shape index (κ1) is 24.6. The van der Waals surface area contributed by atoms with E-state index in [-0.39, 0.29) is 11.5 Å². The van der Waals surface area contributed by atoms with Gasteiger partial charge >= 0.3 is 17.6 Å². The highest BCUT2D eigenvalue weighted by atomic mass is 19.1. The molecule has 0 amide bonds. The number of carbonyl (C=O) groups excluding carboxylic acids is 2. The molecule has 0 radical (unpaired) electrons. The molecule has 0 saturated carbocycles. The lowest BCUT2D eigenvalue weighted by Gasteiger charge is -2.22. The third kappa shape index (κ3) is 8.68. The molecule has 0 N–H and O–H groups in total. The molecule has 0 spiro atoms. The second-order valence-electron chi connectivity index (χ2n) is 5.05. The second-order valence-corrected chi connectivity index (χ2v) is 5.05. The minimum Gasteiger partial charge on any atom is -0.468 e. The van der Waals surface area contributed by atoms with E-state index in [1.165, 1.54) is 0 Å². The molecule has 1 heterocycles. The van der Waals surface area contributed by atoms with Gasteiger partial charge in [-0.05, 0) is 20.8 Å². The van der Waals surface area contributed by atoms with Crippen LogP contribution >= 0.6 is 0 Å². The molecule has 0 aliphatic carbocycles. The van der Waals surface area contributed by atoms with Crippen LogP contribution in [0.5, 0.6) is 0 Å². The Morgan fingerprint density at radius 2 is 1.60 bits per heavy atom. The van der Waals surface area contributed by atoms with Crippen molar-refractivity contribution in [3.05, 3.63) is 28.3 Å². The summed E-state index contributed by atoms with van der Waals surface area (Å²) in [5, 5.41) is 10.5. The van der Waals surface area contributed by atoms with Gasteiger partial charge in [-0.1, -0.05) is 13.8 Å². The monoisotopic (exact) mass is 361 g/mol. The summed E-state index contributed by atoms with van der Waals surface area (Å²) in [7, 11) is 1.60. The van der Waals surface area contributed by atoms with Gasteiger partial charge in [0.15, 0.2) is 5.82 Å². The lowest BCUT2D eigenvalue weighted by molar-refractivity contribution is -0.385. The fourth-order valence-corrected chi connectivity index (χ4v) is 1.36. The van der Waals surface area contributed by atoms with E-state index in [4.69, 9.17) is 4.74 Å². The minimum absolute atomic E-state index is 0.221. The summed E-state index contributed by atoms with van der Waals surface area (Å²) in [5.74, 6) is -3.50. The number of rotatable bonds is 4. The summed E-state index contributed by atoms with van der Waals surface area (Å²) in [6.45, 7) is 8.90. The van der Waals surface area contributed by atoms with E-state index in [9.17, 15) is 24.1 Å². The van der Waals surface area contributed by atoms with Crippen LogP contribution in [0.15, 0.2) is 12.4 Å². The zero-order valence-corrected chi connectivity index (χ0v) is 15.4. The number of hydrogen-bond donors (Lipinski definition) is 0. The van der Waals surface area contributed by atoms with E-state index in [0.29, 0.717) is 7.18 Å². The van der Waals surface area contributed by atoms with Crippen LogP contribution in [0.2, 0.25) is 0 Å². The SMILES string of the molecule is CC.CF.COC(=O)C(C(=O)OC(C)(C)C)c1ncc([N+](=O)[O-])cn1. The zero-order valence-electron chi connectivity index (χ0n) is 15.4. The van der Waals surface area contributed by atoms with Crippen molar-refractivity contribution in [2.24, 2.45) is 0 Å². The average Bonchev–Trinajstić information content (AvgIpc) is 2.57. The molecule has 0 aromatic carbocycles. The number of methoxy groups -OCH3 is 1. The molecule has 25 heavy (non-hydrogen) atoms. The summed E-state index contributed by atoms with van der Waals surface area (Å²) in [4.78, 5) is 40.9. The highest BCUT2D eigenvalue weighted by Gasteiger charge is 2.36. The third-order valence-corrected chi connectivity index (χ3v) is 2.21. The molecule has 1 unspecified atom stereocenters. The van der Waals surface area contributed by atoms with Crippen molar-refractivity contribution < 1.29 is 28.4 Å². The number of esters is 2. The van der Waals surface area contributed by atoms with Gasteiger partial charge in [0.1, 0.15) is 18.0 Å². The highest BCUT2D eigenvalue weighted by Crippen LogP contribution is 2.20. The Kier molecular flexibility index (Phi) is 11.6. The topological polar surface area (TPSA) is 122 Å². The maximum Gasteiger partial charge on any atom is 0.328 e. The maximum absolute atomic E-state index is 12.0. The second kappa shape index (κ2) is 11.8. The molecule has 0 aliphatic heterocycles. The molecule has 0 bridgehead atoms. The fourth-order valence-electron chi connectivity index (χ4n) is 1.36. The van der Waals surface area contributed by atoms with Crippen LogP contribution in [0, 0.1) is 10.1 Å². The van der Waals surface area contributed by atoms with E-state index in [0.717, 1.165) is 19.5 Å². The molecule has 9 nitrogen and oxygen atoms in total. The summed E-state index contributed by atoms with van der Waals surface area (Å²) in [6, 6.07) is 0. The third-order valence-electron chi connectivity index (χ3n) is 2.21. The minimum atomic E-state index is -1.49. The molecule has 1 rings (SSSR count). The van der Waals surface area contributed by atoms with Gasteiger partial charge in [0, 0.05) is 0 Å². The molecular formula is C15H24FN3O6. The quantitative estimate of drug-likeness (QED) is 0.347. The van der Waals surface area contributed by atoms with Gasteiger partial charge in [0.25, 0.3) is 0 Å². The van der Waals surface area contributed by atoms with Crippen molar-refractivity contribution in [2.45, 2.75) is 46.1 Å². The van der Waals surface area contributed by atoms with Crippen molar-refractivity contribution in [3.8, 4) is 0 Å². The molecule has 1 atom stereocenters. The van der Waals surface area contributed by atoms with Crippen LogP contribution in [0.4, 0.5) is 10.1 Å². The Hall–Kier alpha value is -2.65. The number of hydrogen-bond acceptors (Lipinski definition) is 8. The predicted octanol–water partition coefficient (Wildman–Crippen LogP) is 2.60. The fraction of sp³-hybridized carbons (Fsp3) is 0.600. The number of halogens is 1. The van der Waals surface area contributed by atoms with Gasteiger partial charge in [0.05, 0.1) is 19.2 Å². The molecular weight excluding hydrogens is 337 g/mol. The standard InChI is InChI=1S/C12H15N3O6.C2H6.CH3F/c1-12(2,3)21-11(17)8(10(16)20-4)9-13-5-7(6-14-9)15(18)19;2*1-2/h5-6,8H,1-4H3;1-2H3;1H3. The number of alkyl halides is 1. The van der Waals surface area contributed by atoms with E-state index in [1.54, 1.807) is 20.8 Å². The van der Waals surface area contributed by atoms with Crippen LogP contribution in [-0.2, 0) is 19.1 Å². The van der Waals surface area contributed by atoms with E-state index in [2.05, 4.69) is 14.7 Å². The number of nitro groups is 1. The number of aromatic nitrogens is 2. The Bertz CT molecular complexity index is 557. The van der Waals surface area contributed by atoms with Crippen LogP contribution in [-0.4, -0.2) is 46.7 Å². The van der Waals surface area contributed by atoms with E-state index >= 15 is 0 Å². The van der Waals surface area contributed by atoms with E-state index < -0.39 is 28.4 Å². The van der Waals surface area contributed by atoms with E-state index in [1.807, 2.05) is 13.8 Å². The van der Waals surface area contributed by atoms with Crippen molar-refractivity contribution >= 4 is 17.6 Å². The van der Waals surface area contributed by atoms with Gasteiger partial charge in [-0.3, -0.25) is 24.1 Å². The summed E-state index contributed by atoms with van der Waals surface area (Å²) >= 11 is 0. The van der Waals surface area contributed by atoms with Gasteiger partial charge in [-0.25, -0.2) is 9.97 Å². The lowest BCUT2D eigenvalue weighted by Crippen LogP contribution is -2.33.